The minimum Gasteiger partial charge on any atom is -0.393 e. The molecule has 0 aromatic heterocycles. The summed E-state index contributed by atoms with van der Waals surface area (Å²) in [4.78, 5) is 2.01. The van der Waals surface area contributed by atoms with Crippen molar-refractivity contribution in [3.8, 4) is 0 Å². The highest BCUT2D eigenvalue weighted by Gasteiger charge is 2.11. The third kappa shape index (κ3) is 5.50. The standard InChI is InChI=1S/C13H20ClNO2/c1-10(16)7-8-15(2)9-13(17)11-3-5-12(14)6-4-11/h3-6,10,13,16-17H,7-9H2,1-2H3. The highest BCUT2D eigenvalue weighted by molar-refractivity contribution is 6.30. The van der Waals surface area contributed by atoms with Gasteiger partial charge in [-0.25, -0.2) is 0 Å². The predicted octanol–water partition coefficient (Wildman–Crippen LogP) is 2.08. The van der Waals surface area contributed by atoms with Crippen molar-refractivity contribution >= 4 is 11.6 Å². The molecule has 0 radical (unpaired) electrons. The average Bonchev–Trinajstić information content (AvgIpc) is 2.27. The summed E-state index contributed by atoms with van der Waals surface area (Å²) in [5.41, 5.74) is 0.860. The Morgan fingerprint density at radius 2 is 1.82 bits per heavy atom. The largest absolute Gasteiger partial charge is 0.393 e. The van der Waals surface area contributed by atoms with E-state index in [1.807, 2.05) is 24.1 Å². The molecule has 0 aliphatic carbocycles. The quantitative estimate of drug-likeness (QED) is 0.820. The molecule has 0 heterocycles. The summed E-state index contributed by atoms with van der Waals surface area (Å²) in [6.45, 7) is 3.08. The molecule has 0 saturated heterocycles. The van der Waals surface area contributed by atoms with Gasteiger partial charge in [-0.15, -0.1) is 0 Å². The average molecular weight is 258 g/mol. The minimum atomic E-state index is -0.522. The van der Waals surface area contributed by atoms with Gasteiger partial charge in [0.15, 0.2) is 0 Å². The molecule has 3 nitrogen and oxygen atoms in total. The Kier molecular flexibility index (Phi) is 5.92. The molecule has 0 amide bonds. The van der Waals surface area contributed by atoms with Crippen LogP contribution in [0.15, 0.2) is 24.3 Å². The first-order valence-electron chi connectivity index (χ1n) is 5.79. The fourth-order valence-corrected chi connectivity index (χ4v) is 1.71. The molecule has 1 aromatic carbocycles. The lowest BCUT2D eigenvalue weighted by Gasteiger charge is -2.21. The number of hydrogen-bond acceptors (Lipinski definition) is 3. The van der Waals surface area contributed by atoms with Crippen LogP contribution in [0.25, 0.3) is 0 Å². The molecule has 4 heteroatoms. The highest BCUT2D eigenvalue weighted by Crippen LogP contribution is 2.17. The van der Waals surface area contributed by atoms with Gasteiger partial charge in [0.25, 0.3) is 0 Å². The summed E-state index contributed by atoms with van der Waals surface area (Å²) in [7, 11) is 1.93. The topological polar surface area (TPSA) is 43.7 Å². The molecule has 1 rings (SSSR count). The van der Waals surface area contributed by atoms with Gasteiger partial charge in [-0.3, -0.25) is 0 Å². The number of benzene rings is 1. The van der Waals surface area contributed by atoms with E-state index in [0.29, 0.717) is 18.0 Å². The Labute approximate surface area is 108 Å². The zero-order valence-electron chi connectivity index (χ0n) is 10.3. The van der Waals surface area contributed by atoms with Crippen LogP contribution in [0.1, 0.15) is 25.0 Å². The summed E-state index contributed by atoms with van der Waals surface area (Å²) in [6.07, 6.45) is -0.111. The maximum absolute atomic E-state index is 10.00. The molecule has 0 saturated carbocycles. The van der Waals surface area contributed by atoms with Crippen molar-refractivity contribution in [3.63, 3.8) is 0 Å². The van der Waals surface area contributed by atoms with Crippen LogP contribution in [0.2, 0.25) is 5.02 Å². The van der Waals surface area contributed by atoms with Gasteiger partial charge in [-0.2, -0.15) is 0 Å². The van der Waals surface area contributed by atoms with E-state index in [4.69, 9.17) is 11.6 Å². The Hall–Kier alpha value is -0.610. The highest BCUT2D eigenvalue weighted by atomic mass is 35.5. The molecule has 0 spiro atoms. The Balaban J connectivity index is 2.42. The van der Waals surface area contributed by atoms with Gasteiger partial charge in [0.1, 0.15) is 0 Å². The van der Waals surface area contributed by atoms with Crippen molar-refractivity contribution in [2.45, 2.75) is 25.6 Å². The first-order chi connectivity index (χ1) is 7.99. The van der Waals surface area contributed by atoms with Crippen LogP contribution in [0.5, 0.6) is 0 Å². The monoisotopic (exact) mass is 257 g/mol. The van der Waals surface area contributed by atoms with Crippen molar-refractivity contribution in [1.82, 2.24) is 4.90 Å². The van der Waals surface area contributed by atoms with Gasteiger partial charge in [-0.05, 0) is 38.1 Å². The SMILES string of the molecule is CC(O)CCN(C)CC(O)c1ccc(Cl)cc1. The van der Waals surface area contributed by atoms with E-state index in [1.165, 1.54) is 0 Å². The number of rotatable bonds is 6. The molecular weight excluding hydrogens is 238 g/mol. The maximum Gasteiger partial charge on any atom is 0.0916 e. The molecule has 0 aliphatic rings. The first kappa shape index (κ1) is 14.5. The number of likely N-dealkylation sites (N-methyl/N-ethyl adjacent to an activating group) is 1. The van der Waals surface area contributed by atoms with Crippen molar-refractivity contribution < 1.29 is 10.2 Å². The molecule has 2 atom stereocenters. The summed E-state index contributed by atoms with van der Waals surface area (Å²) >= 11 is 5.79. The van der Waals surface area contributed by atoms with Crippen LogP contribution in [0.3, 0.4) is 0 Å². The fraction of sp³-hybridized carbons (Fsp3) is 0.538. The van der Waals surface area contributed by atoms with E-state index < -0.39 is 6.10 Å². The van der Waals surface area contributed by atoms with Crippen LogP contribution < -0.4 is 0 Å². The molecule has 0 bridgehead atoms. The molecule has 0 aliphatic heterocycles. The van der Waals surface area contributed by atoms with Crippen LogP contribution in [0.4, 0.5) is 0 Å². The van der Waals surface area contributed by atoms with E-state index in [1.54, 1.807) is 19.1 Å². The van der Waals surface area contributed by atoms with Crippen LogP contribution in [-0.2, 0) is 0 Å². The first-order valence-corrected chi connectivity index (χ1v) is 6.17. The van der Waals surface area contributed by atoms with Gasteiger partial charge in [-0.1, -0.05) is 23.7 Å². The molecule has 96 valence electrons. The summed E-state index contributed by atoms with van der Waals surface area (Å²) in [6, 6.07) is 7.21. The summed E-state index contributed by atoms with van der Waals surface area (Å²) < 4.78 is 0. The summed E-state index contributed by atoms with van der Waals surface area (Å²) in [5, 5.41) is 19.8. The Bertz CT molecular complexity index is 327. The van der Waals surface area contributed by atoms with E-state index in [2.05, 4.69) is 0 Å². The van der Waals surface area contributed by atoms with Gasteiger partial charge in [0, 0.05) is 18.1 Å². The van der Waals surface area contributed by atoms with Crippen molar-refractivity contribution in [2.75, 3.05) is 20.1 Å². The minimum absolute atomic E-state index is 0.301. The molecule has 2 unspecified atom stereocenters. The molecule has 1 aromatic rings. The van der Waals surface area contributed by atoms with Crippen molar-refractivity contribution in [3.05, 3.63) is 34.9 Å². The predicted molar refractivity (Wildman–Crippen MR) is 70.2 cm³/mol. The van der Waals surface area contributed by atoms with Crippen molar-refractivity contribution in [1.29, 1.82) is 0 Å². The smallest absolute Gasteiger partial charge is 0.0916 e. The van der Waals surface area contributed by atoms with E-state index in [-0.39, 0.29) is 6.10 Å². The normalized spacial score (nSPS) is 14.9. The lowest BCUT2D eigenvalue weighted by atomic mass is 10.1. The van der Waals surface area contributed by atoms with E-state index >= 15 is 0 Å². The Morgan fingerprint density at radius 1 is 1.24 bits per heavy atom. The summed E-state index contributed by atoms with van der Waals surface area (Å²) in [5.74, 6) is 0. The molecular formula is C13H20ClNO2. The molecule has 2 N–H and O–H groups in total. The van der Waals surface area contributed by atoms with E-state index in [9.17, 15) is 10.2 Å². The second-order valence-electron chi connectivity index (χ2n) is 4.47. The van der Waals surface area contributed by atoms with Gasteiger partial charge < -0.3 is 15.1 Å². The zero-order chi connectivity index (χ0) is 12.8. The van der Waals surface area contributed by atoms with Crippen LogP contribution in [0, 0.1) is 0 Å². The number of nitrogens with zero attached hydrogens (tertiary/aromatic N) is 1. The zero-order valence-corrected chi connectivity index (χ0v) is 11.1. The molecule has 0 fully saturated rings. The van der Waals surface area contributed by atoms with Gasteiger partial charge in [0.05, 0.1) is 12.2 Å². The third-order valence-corrected chi connectivity index (χ3v) is 2.92. The third-order valence-electron chi connectivity index (χ3n) is 2.67. The van der Waals surface area contributed by atoms with E-state index in [0.717, 1.165) is 12.1 Å². The number of hydrogen-bond donors (Lipinski definition) is 2. The fourth-order valence-electron chi connectivity index (χ4n) is 1.58. The lowest BCUT2D eigenvalue weighted by molar-refractivity contribution is 0.111. The van der Waals surface area contributed by atoms with Crippen LogP contribution in [-0.4, -0.2) is 41.4 Å². The van der Waals surface area contributed by atoms with Gasteiger partial charge in [0.2, 0.25) is 0 Å². The lowest BCUT2D eigenvalue weighted by Crippen LogP contribution is -2.27. The number of aliphatic hydroxyl groups is 2. The number of halogens is 1. The second kappa shape index (κ2) is 6.97. The van der Waals surface area contributed by atoms with Gasteiger partial charge >= 0.3 is 0 Å². The van der Waals surface area contributed by atoms with Crippen molar-refractivity contribution in [2.24, 2.45) is 0 Å². The number of aliphatic hydroxyl groups excluding tert-OH is 2. The maximum atomic E-state index is 10.00. The van der Waals surface area contributed by atoms with Crippen LogP contribution >= 0.6 is 11.6 Å². The second-order valence-corrected chi connectivity index (χ2v) is 4.90. The Morgan fingerprint density at radius 3 is 2.35 bits per heavy atom. The molecule has 17 heavy (non-hydrogen) atoms.